The molecule has 2 aliphatic heterocycles. The van der Waals surface area contributed by atoms with Crippen molar-refractivity contribution in [3.63, 3.8) is 0 Å². The Hall–Kier alpha value is -1.30. The average molecular weight is 226 g/mol. The smallest absolute Gasteiger partial charge is 0.320 e. The summed E-state index contributed by atoms with van der Waals surface area (Å²) in [5.74, 6) is -0.444. The molecular weight excluding hydrogens is 208 g/mol. The van der Waals surface area contributed by atoms with E-state index < -0.39 is 5.91 Å². The van der Waals surface area contributed by atoms with E-state index in [1.807, 2.05) is 4.90 Å². The van der Waals surface area contributed by atoms with E-state index in [-0.39, 0.29) is 12.6 Å². The van der Waals surface area contributed by atoms with Crippen LogP contribution < -0.4 is 11.1 Å². The highest BCUT2D eigenvalue weighted by Gasteiger charge is 2.34. The van der Waals surface area contributed by atoms with Gasteiger partial charge in [-0.3, -0.25) is 4.79 Å². The predicted octanol–water partition coefficient (Wildman–Crippen LogP) is -1.04. The molecular formula is C10H18N4O2. The highest BCUT2D eigenvalue weighted by atomic mass is 16.2. The summed E-state index contributed by atoms with van der Waals surface area (Å²) in [6.45, 7) is 3.30. The van der Waals surface area contributed by atoms with Crippen LogP contribution in [0.15, 0.2) is 0 Å². The fraction of sp³-hybridized carbons (Fsp3) is 0.800. The van der Waals surface area contributed by atoms with Crippen LogP contribution in [0.25, 0.3) is 0 Å². The van der Waals surface area contributed by atoms with Crippen molar-refractivity contribution in [2.75, 3.05) is 32.7 Å². The van der Waals surface area contributed by atoms with E-state index in [2.05, 4.69) is 5.32 Å². The van der Waals surface area contributed by atoms with Crippen molar-refractivity contribution in [1.82, 2.24) is 15.1 Å². The maximum absolute atomic E-state index is 12.0. The summed E-state index contributed by atoms with van der Waals surface area (Å²) in [6, 6.07) is 0.289. The van der Waals surface area contributed by atoms with Crippen LogP contribution >= 0.6 is 0 Å². The molecule has 6 heteroatoms. The molecule has 2 heterocycles. The molecule has 0 aromatic carbocycles. The van der Waals surface area contributed by atoms with Gasteiger partial charge in [-0.1, -0.05) is 0 Å². The number of hydrogen-bond donors (Lipinski definition) is 2. The molecule has 3 amide bonds. The minimum Gasteiger partial charge on any atom is -0.368 e. The van der Waals surface area contributed by atoms with Gasteiger partial charge in [0.05, 0.1) is 0 Å². The van der Waals surface area contributed by atoms with Crippen LogP contribution in [0.4, 0.5) is 4.79 Å². The van der Waals surface area contributed by atoms with E-state index in [1.165, 1.54) is 4.90 Å². The molecule has 90 valence electrons. The largest absolute Gasteiger partial charge is 0.368 e. The first-order valence-electron chi connectivity index (χ1n) is 5.73. The van der Waals surface area contributed by atoms with Crippen LogP contribution in [0.3, 0.4) is 0 Å². The molecule has 2 saturated heterocycles. The molecule has 3 N–H and O–H groups in total. The maximum atomic E-state index is 12.0. The minimum atomic E-state index is -0.444. The molecule has 0 bridgehead atoms. The predicted molar refractivity (Wildman–Crippen MR) is 58.8 cm³/mol. The maximum Gasteiger partial charge on any atom is 0.320 e. The van der Waals surface area contributed by atoms with E-state index in [1.54, 1.807) is 0 Å². The number of rotatable bonds is 3. The molecule has 2 rings (SSSR count). The first-order valence-corrected chi connectivity index (χ1v) is 5.73. The van der Waals surface area contributed by atoms with Crippen molar-refractivity contribution < 1.29 is 9.59 Å². The summed E-state index contributed by atoms with van der Waals surface area (Å²) in [5.41, 5.74) is 5.10. The Morgan fingerprint density at radius 3 is 2.69 bits per heavy atom. The number of carbonyl (C=O) groups excluding carboxylic acids is 2. The van der Waals surface area contributed by atoms with E-state index >= 15 is 0 Å². The van der Waals surface area contributed by atoms with E-state index in [0.29, 0.717) is 12.6 Å². The highest BCUT2D eigenvalue weighted by molar-refractivity contribution is 5.84. The molecule has 0 radical (unpaired) electrons. The van der Waals surface area contributed by atoms with E-state index in [4.69, 9.17) is 5.73 Å². The quantitative estimate of drug-likeness (QED) is 0.645. The second kappa shape index (κ2) is 4.69. The van der Waals surface area contributed by atoms with Crippen molar-refractivity contribution in [2.45, 2.75) is 18.9 Å². The molecule has 0 atom stereocenters. The van der Waals surface area contributed by atoms with Gasteiger partial charge in [-0.15, -0.1) is 0 Å². The number of piperidine rings is 1. The molecule has 0 unspecified atom stereocenters. The van der Waals surface area contributed by atoms with Gasteiger partial charge in [-0.2, -0.15) is 0 Å². The van der Waals surface area contributed by atoms with Gasteiger partial charge in [0.25, 0.3) is 0 Å². The zero-order valence-electron chi connectivity index (χ0n) is 9.32. The van der Waals surface area contributed by atoms with Gasteiger partial charge < -0.3 is 20.9 Å². The van der Waals surface area contributed by atoms with Gasteiger partial charge in [-0.25, -0.2) is 4.79 Å². The number of nitrogens with zero attached hydrogens (tertiary/aromatic N) is 2. The molecule has 16 heavy (non-hydrogen) atoms. The lowest BCUT2D eigenvalue weighted by molar-refractivity contribution is -0.118. The van der Waals surface area contributed by atoms with Gasteiger partial charge in [-0.05, 0) is 25.9 Å². The van der Waals surface area contributed by atoms with Gasteiger partial charge in [0.2, 0.25) is 5.91 Å². The Morgan fingerprint density at radius 2 is 2.06 bits per heavy atom. The highest BCUT2D eigenvalue weighted by Crippen LogP contribution is 2.18. The van der Waals surface area contributed by atoms with E-state index in [0.717, 1.165) is 32.5 Å². The second-order valence-corrected chi connectivity index (χ2v) is 4.35. The standard InChI is InChI=1S/C10H18N4O2/c11-9(15)7-13-5-6-14(10(13)16)8-1-3-12-4-2-8/h8,12H,1-7H2,(H2,11,15). The Kier molecular flexibility index (Phi) is 3.28. The van der Waals surface area contributed by atoms with Gasteiger partial charge in [0.15, 0.2) is 0 Å². The number of nitrogens with one attached hydrogen (secondary N) is 1. The Labute approximate surface area is 94.7 Å². The minimum absolute atomic E-state index is 0.0364. The number of urea groups is 1. The number of nitrogens with two attached hydrogens (primary N) is 1. The number of carbonyl (C=O) groups is 2. The van der Waals surface area contributed by atoms with Crippen LogP contribution in [-0.4, -0.2) is 60.5 Å². The third-order valence-electron chi connectivity index (χ3n) is 3.22. The van der Waals surface area contributed by atoms with Crippen molar-refractivity contribution in [3.8, 4) is 0 Å². The molecule has 2 fully saturated rings. The molecule has 0 saturated carbocycles. The zero-order valence-corrected chi connectivity index (χ0v) is 9.32. The summed E-state index contributed by atoms with van der Waals surface area (Å²) in [5, 5.41) is 3.27. The summed E-state index contributed by atoms with van der Waals surface area (Å²) in [6.07, 6.45) is 1.99. The van der Waals surface area contributed by atoms with Crippen LogP contribution in [0.1, 0.15) is 12.8 Å². The lowest BCUT2D eigenvalue weighted by Gasteiger charge is -2.31. The second-order valence-electron chi connectivity index (χ2n) is 4.35. The Bertz CT molecular complexity index is 289. The first kappa shape index (κ1) is 11.2. The van der Waals surface area contributed by atoms with Gasteiger partial charge in [0.1, 0.15) is 6.54 Å². The molecule has 2 aliphatic rings. The fourth-order valence-corrected chi connectivity index (χ4v) is 2.39. The third kappa shape index (κ3) is 2.27. The van der Waals surface area contributed by atoms with Gasteiger partial charge in [0, 0.05) is 19.1 Å². The fourth-order valence-electron chi connectivity index (χ4n) is 2.39. The third-order valence-corrected chi connectivity index (χ3v) is 3.22. The number of hydrogen-bond acceptors (Lipinski definition) is 3. The SMILES string of the molecule is NC(=O)CN1CCN(C2CCNCC2)C1=O. The molecule has 0 aromatic heterocycles. The summed E-state index contributed by atoms with van der Waals surface area (Å²) >= 11 is 0. The monoisotopic (exact) mass is 226 g/mol. The van der Waals surface area contributed by atoms with E-state index in [9.17, 15) is 9.59 Å². The zero-order chi connectivity index (χ0) is 11.5. The molecule has 0 aliphatic carbocycles. The van der Waals surface area contributed by atoms with Crippen LogP contribution in [-0.2, 0) is 4.79 Å². The van der Waals surface area contributed by atoms with Crippen molar-refractivity contribution in [3.05, 3.63) is 0 Å². The van der Waals surface area contributed by atoms with Crippen LogP contribution in [0, 0.1) is 0 Å². The summed E-state index contributed by atoms with van der Waals surface area (Å²) in [7, 11) is 0. The van der Waals surface area contributed by atoms with Crippen molar-refractivity contribution >= 4 is 11.9 Å². The molecule has 0 spiro atoms. The van der Waals surface area contributed by atoms with Gasteiger partial charge >= 0.3 is 6.03 Å². The molecule has 6 nitrogen and oxygen atoms in total. The van der Waals surface area contributed by atoms with Crippen LogP contribution in [0.5, 0.6) is 0 Å². The Balaban J connectivity index is 1.92. The lowest BCUT2D eigenvalue weighted by Crippen LogP contribution is -2.46. The molecule has 0 aromatic rings. The van der Waals surface area contributed by atoms with Crippen molar-refractivity contribution in [1.29, 1.82) is 0 Å². The van der Waals surface area contributed by atoms with Crippen LogP contribution in [0.2, 0.25) is 0 Å². The Morgan fingerprint density at radius 1 is 1.38 bits per heavy atom. The first-order chi connectivity index (χ1) is 7.68. The number of amides is 3. The lowest BCUT2D eigenvalue weighted by atomic mass is 10.1. The van der Waals surface area contributed by atoms with Crippen molar-refractivity contribution in [2.24, 2.45) is 5.73 Å². The number of primary amides is 1. The summed E-state index contributed by atoms with van der Waals surface area (Å²) in [4.78, 5) is 26.2. The topological polar surface area (TPSA) is 78.7 Å². The average Bonchev–Trinajstić information content (AvgIpc) is 2.61. The summed E-state index contributed by atoms with van der Waals surface area (Å²) < 4.78 is 0. The normalized spacial score (nSPS) is 22.9.